The van der Waals surface area contributed by atoms with Gasteiger partial charge in [-0.25, -0.2) is 0 Å². The normalized spacial score (nSPS) is 17.6. The Labute approximate surface area is 101 Å². The van der Waals surface area contributed by atoms with E-state index in [1.54, 1.807) is 6.20 Å². The lowest BCUT2D eigenvalue weighted by Gasteiger charge is -2.32. The molecular formula is C12H17N3S. The van der Waals surface area contributed by atoms with Crippen molar-refractivity contribution in [3.63, 3.8) is 0 Å². The first kappa shape index (κ1) is 11.3. The third-order valence-corrected chi connectivity index (χ3v) is 3.47. The highest BCUT2D eigenvalue weighted by Crippen LogP contribution is 2.31. The van der Waals surface area contributed by atoms with Gasteiger partial charge in [-0.2, -0.15) is 0 Å². The van der Waals surface area contributed by atoms with Crippen molar-refractivity contribution in [1.82, 2.24) is 4.98 Å². The summed E-state index contributed by atoms with van der Waals surface area (Å²) < 4.78 is 0. The average Bonchev–Trinajstić information content (AvgIpc) is 2.15. The molecule has 86 valence electrons. The van der Waals surface area contributed by atoms with Gasteiger partial charge in [0.1, 0.15) is 10.7 Å². The Bertz CT molecular complexity index is 388. The Morgan fingerprint density at radius 1 is 1.62 bits per heavy atom. The highest BCUT2D eigenvalue weighted by atomic mass is 32.1. The van der Waals surface area contributed by atoms with Crippen LogP contribution in [-0.2, 0) is 0 Å². The van der Waals surface area contributed by atoms with Crippen LogP contribution in [0.25, 0.3) is 0 Å². The summed E-state index contributed by atoms with van der Waals surface area (Å²) in [6.07, 6.45) is 5.70. The molecule has 1 aromatic heterocycles. The summed E-state index contributed by atoms with van der Waals surface area (Å²) in [6.45, 7) is 2.21. The van der Waals surface area contributed by atoms with Crippen LogP contribution >= 0.6 is 12.2 Å². The summed E-state index contributed by atoms with van der Waals surface area (Å²) in [5, 5.41) is 3.46. The standard InChI is InChI=1S/C12H17N3S/c1-8(9-4-2-5-9)15-10-6-3-7-14-11(10)12(13)16/h3,6-9,15H,2,4-5H2,1H3,(H2,13,16). The maximum atomic E-state index is 5.64. The molecule has 0 aromatic carbocycles. The summed E-state index contributed by atoms with van der Waals surface area (Å²) in [5.41, 5.74) is 7.29. The first-order chi connectivity index (χ1) is 7.68. The SMILES string of the molecule is CC(Nc1cccnc1C(N)=S)C1CCC1. The minimum absolute atomic E-state index is 0.351. The lowest BCUT2D eigenvalue weighted by molar-refractivity contribution is 0.285. The highest BCUT2D eigenvalue weighted by molar-refractivity contribution is 7.80. The van der Waals surface area contributed by atoms with E-state index in [4.69, 9.17) is 18.0 Å². The Kier molecular flexibility index (Phi) is 3.39. The Morgan fingerprint density at radius 3 is 2.94 bits per heavy atom. The van der Waals surface area contributed by atoms with E-state index in [2.05, 4.69) is 17.2 Å². The van der Waals surface area contributed by atoms with E-state index in [1.165, 1.54) is 19.3 Å². The molecule has 0 bridgehead atoms. The predicted molar refractivity (Wildman–Crippen MR) is 70.6 cm³/mol. The molecule has 4 heteroatoms. The summed E-state index contributed by atoms with van der Waals surface area (Å²) in [5.74, 6) is 0.777. The van der Waals surface area contributed by atoms with Gasteiger partial charge in [0.25, 0.3) is 0 Å². The number of nitrogens with one attached hydrogen (secondary N) is 1. The van der Waals surface area contributed by atoms with Crippen LogP contribution in [0.1, 0.15) is 31.9 Å². The molecule has 3 nitrogen and oxygen atoms in total. The second-order valence-corrected chi connectivity index (χ2v) is 4.83. The van der Waals surface area contributed by atoms with E-state index in [0.717, 1.165) is 11.6 Å². The summed E-state index contributed by atoms with van der Waals surface area (Å²) in [6, 6.07) is 4.35. The molecule has 1 aliphatic carbocycles. The second-order valence-electron chi connectivity index (χ2n) is 4.39. The summed E-state index contributed by atoms with van der Waals surface area (Å²) in [4.78, 5) is 4.56. The largest absolute Gasteiger partial charge is 0.388 e. The third-order valence-electron chi connectivity index (χ3n) is 3.28. The molecule has 0 spiro atoms. The fraction of sp³-hybridized carbons (Fsp3) is 0.500. The molecule has 1 unspecified atom stereocenters. The zero-order valence-corrected chi connectivity index (χ0v) is 10.3. The molecule has 1 atom stereocenters. The molecular weight excluding hydrogens is 218 g/mol. The van der Waals surface area contributed by atoms with Crippen molar-refractivity contribution in [2.24, 2.45) is 11.7 Å². The third kappa shape index (κ3) is 2.32. The van der Waals surface area contributed by atoms with Gasteiger partial charge in [-0.15, -0.1) is 0 Å². The van der Waals surface area contributed by atoms with Crippen LogP contribution in [-0.4, -0.2) is 16.0 Å². The molecule has 3 N–H and O–H groups in total. The number of rotatable bonds is 4. The number of nitrogens with zero attached hydrogens (tertiary/aromatic N) is 1. The van der Waals surface area contributed by atoms with Gasteiger partial charge in [-0.3, -0.25) is 4.98 Å². The number of pyridine rings is 1. The van der Waals surface area contributed by atoms with E-state index >= 15 is 0 Å². The smallest absolute Gasteiger partial charge is 0.124 e. The molecule has 16 heavy (non-hydrogen) atoms. The lowest BCUT2D eigenvalue weighted by Crippen LogP contribution is -2.31. The van der Waals surface area contributed by atoms with Crippen molar-refractivity contribution in [2.75, 3.05) is 5.32 Å². The van der Waals surface area contributed by atoms with Crippen molar-refractivity contribution in [3.8, 4) is 0 Å². The molecule has 0 saturated heterocycles. The number of hydrogen-bond donors (Lipinski definition) is 2. The van der Waals surface area contributed by atoms with Gasteiger partial charge in [0.2, 0.25) is 0 Å². The molecule has 1 saturated carbocycles. The number of aromatic nitrogens is 1. The van der Waals surface area contributed by atoms with Gasteiger partial charge < -0.3 is 11.1 Å². The van der Waals surface area contributed by atoms with Crippen LogP contribution in [0.15, 0.2) is 18.3 Å². The Morgan fingerprint density at radius 2 is 2.38 bits per heavy atom. The van der Waals surface area contributed by atoms with Crippen LogP contribution in [0, 0.1) is 5.92 Å². The molecule has 0 radical (unpaired) electrons. The quantitative estimate of drug-likeness (QED) is 0.786. The fourth-order valence-electron chi connectivity index (χ4n) is 2.02. The second kappa shape index (κ2) is 4.78. The van der Waals surface area contributed by atoms with Gasteiger partial charge in [-0.05, 0) is 37.8 Å². The monoisotopic (exact) mass is 235 g/mol. The first-order valence-electron chi connectivity index (χ1n) is 5.70. The predicted octanol–water partition coefficient (Wildman–Crippen LogP) is 2.32. The zero-order chi connectivity index (χ0) is 11.5. The molecule has 2 rings (SSSR count). The van der Waals surface area contributed by atoms with Crippen LogP contribution in [0.5, 0.6) is 0 Å². The van der Waals surface area contributed by atoms with Gasteiger partial charge in [0, 0.05) is 12.2 Å². The molecule has 1 heterocycles. The Balaban J connectivity index is 2.10. The summed E-state index contributed by atoms with van der Waals surface area (Å²) in [7, 11) is 0. The molecule has 0 amide bonds. The van der Waals surface area contributed by atoms with Crippen molar-refractivity contribution >= 4 is 22.9 Å². The molecule has 0 aliphatic heterocycles. The van der Waals surface area contributed by atoms with Crippen LogP contribution in [0.2, 0.25) is 0 Å². The fourth-order valence-corrected chi connectivity index (χ4v) is 2.18. The van der Waals surface area contributed by atoms with Gasteiger partial charge in [-0.1, -0.05) is 18.6 Å². The van der Waals surface area contributed by atoms with Gasteiger partial charge >= 0.3 is 0 Å². The zero-order valence-electron chi connectivity index (χ0n) is 9.44. The minimum atomic E-state index is 0.351. The van der Waals surface area contributed by atoms with Crippen molar-refractivity contribution in [2.45, 2.75) is 32.2 Å². The molecule has 1 aliphatic rings. The highest BCUT2D eigenvalue weighted by Gasteiger charge is 2.24. The van der Waals surface area contributed by atoms with E-state index in [-0.39, 0.29) is 0 Å². The van der Waals surface area contributed by atoms with Crippen LogP contribution in [0.4, 0.5) is 5.69 Å². The van der Waals surface area contributed by atoms with E-state index < -0.39 is 0 Å². The summed E-state index contributed by atoms with van der Waals surface area (Å²) >= 11 is 4.99. The van der Waals surface area contributed by atoms with Crippen LogP contribution < -0.4 is 11.1 Å². The molecule has 1 aromatic rings. The Hall–Kier alpha value is -1.16. The average molecular weight is 235 g/mol. The van der Waals surface area contributed by atoms with Gasteiger partial charge in [0.05, 0.1) is 5.69 Å². The van der Waals surface area contributed by atoms with Gasteiger partial charge in [0.15, 0.2) is 0 Å². The van der Waals surface area contributed by atoms with Crippen LogP contribution in [0.3, 0.4) is 0 Å². The molecule has 1 fully saturated rings. The van der Waals surface area contributed by atoms with Crippen molar-refractivity contribution in [1.29, 1.82) is 0 Å². The number of anilines is 1. The maximum absolute atomic E-state index is 5.64. The lowest BCUT2D eigenvalue weighted by atomic mass is 9.80. The van der Waals surface area contributed by atoms with E-state index in [9.17, 15) is 0 Å². The minimum Gasteiger partial charge on any atom is -0.388 e. The number of thiocarbonyl (C=S) groups is 1. The topological polar surface area (TPSA) is 50.9 Å². The van der Waals surface area contributed by atoms with Crippen molar-refractivity contribution in [3.05, 3.63) is 24.0 Å². The van der Waals surface area contributed by atoms with E-state index in [0.29, 0.717) is 16.7 Å². The number of hydrogen-bond acceptors (Lipinski definition) is 3. The van der Waals surface area contributed by atoms with E-state index in [1.807, 2.05) is 12.1 Å². The maximum Gasteiger partial charge on any atom is 0.124 e. The van der Waals surface area contributed by atoms with Crippen molar-refractivity contribution < 1.29 is 0 Å². The first-order valence-corrected chi connectivity index (χ1v) is 6.10. The number of nitrogens with two attached hydrogens (primary N) is 1.